The van der Waals surface area contributed by atoms with Crippen molar-refractivity contribution in [1.82, 2.24) is 0 Å². The lowest BCUT2D eigenvalue weighted by molar-refractivity contribution is -0.116. The Hall–Kier alpha value is -2.20. The van der Waals surface area contributed by atoms with Gasteiger partial charge in [0.2, 0.25) is 5.91 Å². The van der Waals surface area contributed by atoms with E-state index in [1.54, 1.807) is 12.1 Å². The van der Waals surface area contributed by atoms with Gasteiger partial charge in [0.1, 0.15) is 5.82 Å². The van der Waals surface area contributed by atoms with Crippen molar-refractivity contribution in [1.29, 1.82) is 0 Å². The van der Waals surface area contributed by atoms with Crippen molar-refractivity contribution in [2.75, 3.05) is 11.9 Å². The van der Waals surface area contributed by atoms with E-state index in [1.165, 1.54) is 12.1 Å². The highest BCUT2D eigenvalue weighted by molar-refractivity contribution is 5.90. The maximum Gasteiger partial charge on any atom is 0.224 e. The lowest BCUT2D eigenvalue weighted by Gasteiger charge is -2.06. The highest BCUT2D eigenvalue weighted by Gasteiger charge is 2.03. The number of rotatable bonds is 7. The SMILES string of the molecule is O=C(CCCc1ccc(F)cc1)Nc1ccc(CCO)cc1. The van der Waals surface area contributed by atoms with Crippen LogP contribution in [-0.2, 0) is 17.6 Å². The van der Waals surface area contributed by atoms with Crippen molar-refractivity contribution in [2.24, 2.45) is 0 Å². The topological polar surface area (TPSA) is 49.3 Å². The van der Waals surface area contributed by atoms with Crippen LogP contribution in [0.15, 0.2) is 48.5 Å². The molecular formula is C18H20FNO2. The van der Waals surface area contributed by atoms with E-state index in [0.29, 0.717) is 12.8 Å². The summed E-state index contributed by atoms with van der Waals surface area (Å²) in [6, 6.07) is 13.8. The molecule has 0 fully saturated rings. The number of hydrogen-bond acceptors (Lipinski definition) is 2. The number of amides is 1. The number of hydrogen-bond donors (Lipinski definition) is 2. The smallest absolute Gasteiger partial charge is 0.224 e. The van der Waals surface area contributed by atoms with E-state index in [0.717, 1.165) is 29.7 Å². The lowest BCUT2D eigenvalue weighted by Crippen LogP contribution is -2.11. The Bertz CT molecular complexity index is 593. The van der Waals surface area contributed by atoms with Crippen LogP contribution in [0.3, 0.4) is 0 Å². The molecule has 0 unspecified atom stereocenters. The van der Waals surface area contributed by atoms with Crippen molar-refractivity contribution in [2.45, 2.75) is 25.7 Å². The molecular weight excluding hydrogens is 281 g/mol. The molecule has 0 aromatic heterocycles. The summed E-state index contributed by atoms with van der Waals surface area (Å²) in [6.07, 6.45) is 2.52. The molecule has 0 atom stereocenters. The van der Waals surface area contributed by atoms with Crippen LogP contribution >= 0.6 is 0 Å². The van der Waals surface area contributed by atoms with Crippen molar-refractivity contribution in [3.05, 3.63) is 65.5 Å². The minimum atomic E-state index is -0.244. The van der Waals surface area contributed by atoms with Gasteiger partial charge in [-0.05, 0) is 54.7 Å². The van der Waals surface area contributed by atoms with Gasteiger partial charge in [-0.3, -0.25) is 4.79 Å². The van der Waals surface area contributed by atoms with Gasteiger partial charge in [0.25, 0.3) is 0 Å². The summed E-state index contributed by atoms with van der Waals surface area (Å²) in [7, 11) is 0. The molecule has 0 saturated heterocycles. The van der Waals surface area contributed by atoms with Crippen LogP contribution in [0.25, 0.3) is 0 Å². The first-order chi connectivity index (χ1) is 10.7. The summed E-state index contributed by atoms with van der Waals surface area (Å²) in [4.78, 5) is 11.9. The molecule has 0 bridgehead atoms. The zero-order valence-electron chi connectivity index (χ0n) is 12.4. The summed E-state index contributed by atoms with van der Waals surface area (Å²) >= 11 is 0. The molecule has 0 aliphatic rings. The van der Waals surface area contributed by atoms with Crippen LogP contribution in [0.2, 0.25) is 0 Å². The maximum atomic E-state index is 12.8. The van der Waals surface area contributed by atoms with E-state index in [9.17, 15) is 9.18 Å². The van der Waals surface area contributed by atoms with Crippen molar-refractivity contribution >= 4 is 11.6 Å². The van der Waals surface area contributed by atoms with E-state index in [4.69, 9.17) is 5.11 Å². The summed E-state index contributed by atoms with van der Waals surface area (Å²) in [5.74, 6) is -0.275. The number of carbonyl (C=O) groups excluding carboxylic acids is 1. The number of aryl methyl sites for hydroxylation is 1. The van der Waals surface area contributed by atoms with Gasteiger partial charge in [-0.15, -0.1) is 0 Å². The number of aliphatic hydroxyl groups excluding tert-OH is 1. The Morgan fingerprint density at radius 3 is 2.18 bits per heavy atom. The Morgan fingerprint density at radius 1 is 0.955 bits per heavy atom. The van der Waals surface area contributed by atoms with E-state index in [1.807, 2.05) is 24.3 Å². The summed E-state index contributed by atoms with van der Waals surface area (Å²) in [5.41, 5.74) is 2.83. The average Bonchev–Trinajstić information content (AvgIpc) is 2.51. The lowest BCUT2D eigenvalue weighted by atomic mass is 10.1. The largest absolute Gasteiger partial charge is 0.396 e. The van der Waals surface area contributed by atoms with E-state index >= 15 is 0 Å². The van der Waals surface area contributed by atoms with E-state index < -0.39 is 0 Å². The molecule has 4 heteroatoms. The molecule has 1 amide bonds. The molecule has 0 heterocycles. The summed E-state index contributed by atoms with van der Waals surface area (Å²) in [6.45, 7) is 0.120. The molecule has 0 radical (unpaired) electrons. The second-order valence-electron chi connectivity index (χ2n) is 5.20. The van der Waals surface area contributed by atoms with Gasteiger partial charge < -0.3 is 10.4 Å². The zero-order valence-corrected chi connectivity index (χ0v) is 12.4. The average molecular weight is 301 g/mol. The van der Waals surface area contributed by atoms with Crippen molar-refractivity contribution in [3.8, 4) is 0 Å². The molecule has 0 saturated carbocycles. The standard InChI is InChI=1S/C18H20FNO2/c19-16-8-4-14(5-9-16)2-1-3-18(22)20-17-10-6-15(7-11-17)12-13-21/h4-11,21H,1-3,12-13H2,(H,20,22). The minimum Gasteiger partial charge on any atom is -0.396 e. The molecule has 116 valence electrons. The van der Waals surface area contributed by atoms with E-state index in [2.05, 4.69) is 5.32 Å². The number of carbonyl (C=O) groups is 1. The maximum absolute atomic E-state index is 12.8. The fraction of sp³-hybridized carbons (Fsp3) is 0.278. The van der Waals surface area contributed by atoms with Crippen LogP contribution in [0, 0.1) is 5.82 Å². The highest BCUT2D eigenvalue weighted by atomic mass is 19.1. The third kappa shape index (κ3) is 5.30. The third-order valence-electron chi connectivity index (χ3n) is 3.42. The van der Waals surface area contributed by atoms with Gasteiger partial charge in [-0.1, -0.05) is 24.3 Å². The Labute approximate surface area is 129 Å². The monoisotopic (exact) mass is 301 g/mol. The molecule has 22 heavy (non-hydrogen) atoms. The Balaban J connectivity index is 1.74. The van der Waals surface area contributed by atoms with Gasteiger partial charge in [0.05, 0.1) is 0 Å². The number of anilines is 1. The number of aliphatic hydroxyl groups is 1. The van der Waals surface area contributed by atoms with Crippen LogP contribution in [0.1, 0.15) is 24.0 Å². The molecule has 0 aliphatic heterocycles. The fourth-order valence-electron chi connectivity index (χ4n) is 2.21. The van der Waals surface area contributed by atoms with Gasteiger partial charge in [0.15, 0.2) is 0 Å². The van der Waals surface area contributed by atoms with Gasteiger partial charge >= 0.3 is 0 Å². The third-order valence-corrected chi connectivity index (χ3v) is 3.42. The number of nitrogens with one attached hydrogen (secondary N) is 1. The first-order valence-electron chi connectivity index (χ1n) is 7.41. The summed E-state index contributed by atoms with van der Waals surface area (Å²) in [5, 5.41) is 11.7. The highest BCUT2D eigenvalue weighted by Crippen LogP contribution is 2.12. The van der Waals surface area contributed by atoms with Gasteiger partial charge in [-0.25, -0.2) is 4.39 Å². The van der Waals surface area contributed by atoms with Crippen LogP contribution in [-0.4, -0.2) is 17.6 Å². The molecule has 2 aromatic carbocycles. The molecule has 2 aromatic rings. The molecule has 0 spiro atoms. The Kier molecular flexibility index (Phi) is 6.10. The predicted molar refractivity (Wildman–Crippen MR) is 85.2 cm³/mol. The van der Waals surface area contributed by atoms with E-state index in [-0.39, 0.29) is 18.3 Å². The predicted octanol–water partition coefficient (Wildman–Crippen LogP) is 3.32. The number of halogens is 1. The normalized spacial score (nSPS) is 10.5. The quantitative estimate of drug-likeness (QED) is 0.824. The second-order valence-corrected chi connectivity index (χ2v) is 5.20. The Morgan fingerprint density at radius 2 is 1.55 bits per heavy atom. The van der Waals surface area contributed by atoms with Crippen LogP contribution < -0.4 is 5.32 Å². The minimum absolute atomic E-state index is 0.0305. The first kappa shape index (κ1) is 16.2. The fourth-order valence-corrected chi connectivity index (χ4v) is 2.21. The molecule has 2 rings (SSSR count). The van der Waals surface area contributed by atoms with Gasteiger partial charge in [0, 0.05) is 18.7 Å². The first-order valence-corrected chi connectivity index (χ1v) is 7.41. The number of benzene rings is 2. The van der Waals surface area contributed by atoms with Crippen molar-refractivity contribution < 1.29 is 14.3 Å². The second kappa shape index (κ2) is 8.29. The molecule has 0 aliphatic carbocycles. The zero-order chi connectivity index (χ0) is 15.8. The van der Waals surface area contributed by atoms with Crippen molar-refractivity contribution in [3.63, 3.8) is 0 Å². The summed E-state index contributed by atoms with van der Waals surface area (Å²) < 4.78 is 12.8. The van der Waals surface area contributed by atoms with Gasteiger partial charge in [-0.2, -0.15) is 0 Å². The van der Waals surface area contributed by atoms with Crippen LogP contribution in [0.5, 0.6) is 0 Å². The molecule has 3 nitrogen and oxygen atoms in total. The molecule has 2 N–H and O–H groups in total. The van der Waals surface area contributed by atoms with Crippen LogP contribution in [0.4, 0.5) is 10.1 Å².